The van der Waals surface area contributed by atoms with Crippen LogP contribution in [0.2, 0.25) is 0 Å². The summed E-state index contributed by atoms with van der Waals surface area (Å²) in [5, 5.41) is 8.50. The molecule has 0 aliphatic carbocycles. The van der Waals surface area contributed by atoms with Gasteiger partial charge in [0.15, 0.2) is 0 Å². The van der Waals surface area contributed by atoms with Crippen LogP contribution in [0.15, 0.2) is 0 Å². The van der Waals surface area contributed by atoms with E-state index in [1.807, 2.05) is 0 Å². The molecule has 2 bridgehead atoms. The van der Waals surface area contributed by atoms with Crippen molar-refractivity contribution in [1.29, 1.82) is 0 Å². The highest BCUT2D eigenvalue weighted by atomic mass is 16.5. The highest BCUT2D eigenvalue weighted by Gasteiger charge is 2.37. The topological polar surface area (TPSA) is 52.6 Å². The van der Waals surface area contributed by atoms with Gasteiger partial charge in [0.25, 0.3) is 0 Å². The maximum absolute atomic E-state index is 11.2. The van der Waals surface area contributed by atoms with Gasteiger partial charge in [-0.3, -0.25) is 10.0 Å². The second-order valence-corrected chi connectivity index (χ2v) is 3.72. The van der Waals surface area contributed by atoms with Crippen LogP contribution in [0.4, 0.5) is 0 Å². The summed E-state index contributed by atoms with van der Waals surface area (Å²) in [6.45, 7) is 3.08. The minimum atomic E-state index is -0.204. The molecule has 68 valence electrons. The van der Waals surface area contributed by atoms with Gasteiger partial charge in [-0.25, -0.2) is 5.48 Å². The van der Waals surface area contributed by atoms with E-state index in [4.69, 9.17) is 5.21 Å². The first-order valence-electron chi connectivity index (χ1n) is 4.47. The number of piperidine rings is 3. The summed E-state index contributed by atoms with van der Waals surface area (Å²) in [4.78, 5) is 13.5. The molecule has 0 radical (unpaired) electrons. The van der Waals surface area contributed by atoms with Crippen molar-refractivity contribution in [2.24, 2.45) is 11.8 Å². The molecule has 0 spiro atoms. The van der Waals surface area contributed by atoms with Crippen molar-refractivity contribution in [3.63, 3.8) is 0 Å². The highest BCUT2D eigenvalue weighted by Crippen LogP contribution is 2.32. The molecule has 3 rings (SSSR count). The fourth-order valence-electron chi connectivity index (χ4n) is 2.35. The Balaban J connectivity index is 2.03. The zero-order valence-electron chi connectivity index (χ0n) is 6.99. The molecule has 1 amide bonds. The van der Waals surface area contributed by atoms with E-state index in [1.54, 1.807) is 5.48 Å². The average molecular weight is 170 g/mol. The third-order valence-electron chi connectivity index (χ3n) is 3.10. The summed E-state index contributed by atoms with van der Waals surface area (Å²) < 4.78 is 0. The lowest BCUT2D eigenvalue weighted by Crippen LogP contribution is -2.52. The molecule has 3 saturated heterocycles. The van der Waals surface area contributed by atoms with Crippen molar-refractivity contribution in [2.75, 3.05) is 19.6 Å². The lowest BCUT2D eigenvalue weighted by atomic mass is 9.79. The quantitative estimate of drug-likeness (QED) is 0.424. The number of nitrogens with zero attached hydrogens (tertiary/aromatic N) is 1. The third kappa shape index (κ3) is 1.21. The van der Waals surface area contributed by atoms with Crippen molar-refractivity contribution in [1.82, 2.24) is 10.4 Å². The zero-order valence-corrected chi connectivity index (χ0v) is 6.99. The van der Waals surface area contributed by atoms with Crippen LogP contribution in [0.25, 0.3) is 0 Å². The van der Waals surface area contributed by atoms with Gasteiger partial charge in [-0.05, 0) is 31.8 Å². The Morgan fingerprint density at radius 3 is 2.50 bits per heavy atom. The number of hydrogen-bond acceptors (Lipinski definition) is 3. The Morgan fingerprint density at radius 1 is 1.42 bits per heavy atom. The van der Waals surface area contributed by atoms with Crippen LogP contribution < -0.4 is 5.48 Å². The van der Waals surface area contributed by atoms with Gasteiger partial charge in [0.05, 0.1) is 5.92 Å². The van der Waals surface area contributed by atoms with Crippen molar-refractivity contribution in [3.8, 4) is 0 Å². The van der Waals surface area contributed by atoms with Crippen LogP contribution in [0.5, 0.6) is 0 Å². The summed E-state index contributed by atoms with van der Waals surface area (Å²) >= 11 is 0. The van der Waals surface area contributed by atoms with Crippen LogP contribution in [0.1, 0.15) is 12.8 Å². The zero-order chi connectivity index (χ0) is 8.55. The van der Waals surface area contributed by atoms with E-state index in [2.05, 4.69) is 4.90 Å². The smallest absolute Gasteiger partial charge is 0.248 e. The Bertz CT molecular complexity index is 187. The fraction of sp³-hybridized carbons (Fsp3) is 0.875. The molecule has 0 aromatic rings. The normalized spacial score (nSPS) is 39.6. The number of amides is 1. The van der Waals surface area contributed by atoms with Crippen molar-refractivity contribution in [3.05, 3.63) is 0 Å². The van der Waals surface area contributed by atoms with Crippen LogP contribution in [-0.2, 0) is 4.79 Å². The number of fused-ring (bicyclic) bond motifs is 3. The van der Waals surface area contributed by atoms with Crippen LogP contribution >= 0.6 is 0 Å². The summed E-state index contributed by atoms with van der Waals surface area (Å²) in [6.07, 6.45) is 2.22. The van der Waals surface area contributed by atoms with Gasteiger partial charge in [-0.15, -0.1) is 0 Å². The van der Waals surface area contributed by atoms with Crippen molar-refractivity contribution >= 4 is 5.91 Å². The molecule has 0 aromatic carbocycles. The number of carbonyl (C=O) groups is 1. The van der Waals surface area contributed by atoms with E-state index in [0.29, 0.717) is 5.92 Å². The maximum Gasteiger partial charge on any atom is 0.248 e. The molecule has 0 saturated carbocycles. The largest absolute Gasteiger partial charge is 0.303 e. The van der Waals surface area contributed by atoms with E-state index in [9.17, 15) is 4.79 Å². The first-order chi connectivity index (χ1) is 5.81. The first-order valence-corrected chi connectivity index (χ1v) is 4.47. The Hall–Kier alpha value is -0.610. The first kappa shape index (κ1) is 8.01. The molecule has 4 heteroatoms. The van der Waals surface area contributed by atoms with Gasteiger partial charge in [-0.2, -0.15) is 0 Å². The summed E-state index contributed by atoms with van der Waals surface area (Å²) in [5.74, 6) is 0.323. The monoisotopic (exact) mass is 170 g/mol. The lowest BCUT2D eigenvalue weighted by molar-refractivity contribution is -0.139. The molecule has 3 fully saturated rings. The summed E-state index contributed by atoms with van der Waals surface area (Å²) in [6, 6.07) is 0. The molecule has 1 atom stereocenters. The Morgan fingerprint density at radius 2 is 2.08 bits per heavy atom. The molecular weight excluding hydrogens is 156 g/mol. The van der Waals surface area contributed by atoms with Gasteiger partial charge >= 0.3 is 0 Å². The number of hydrogen-bond donors (Lipinski definition) is 2. The number of carbonyl (C=O) groups excluding carboxylic acids is 1. The van der Waals surface area contributed by atoms with E-state index < -0.39 is 0 Å². The lowest BCUT2D eigenvalue weighted by Gasteiger charge is -2.43. The number of nitrogens with one attached hydrogen (secondary N) is 1. The molecule has 12 heavy (non-hydrogen) atoms. The number of hydroxylamine groups is 1. The van der Waals surface area contributed by atoms with Gasteiger partial charge in [0.1, 0.15) is 0 Å². The summed E-state index contributed by atoms with van der Waals surface area (Å²) in [7, 11) is 0. The van der Waals surface area contributed by atoms with Crippen molar-refractivity contribution in [2.45, 2.75) is 12.8 Å². The standard InChI is InChI=1S/C8H14N2O2/c11-8(9-12)7-5-10-3-1-6(7)2-4-10/h6-7,12H,1-5H2,(H,9,11). The van der Waals surface area contributed by atoms with Crippen LogP contribution in [0, 0.1) is 11.8 Å². The minimum absolute atomic E-state index is 0.0255. The van der Waals surface area contributed by atoms with Crippen LogP contribution in [-0.4, -0.2) is 35.6 Å². The predicted octanol–water partition coefficient (Wildman–Crippen LogP) is -0.166. The Labute approximate surface area is 71.5 Å². The SMILES string of the molecule is O=C(NO)C1CN2CCC1CC2. The van der Waals surface area contributed by atoms with E-state index >= 15 is 0 Å². The van der Waals surface area contributed by atoms with Gasteiger partial charge in [0, 0.05) is 6.54 Å². The molecule has 0 aromatic heterocycles. The minimum Gasteiger partial charge on any atom is -0.303 e. The molecule has 1 unspecified atom stereocenters. The highest BCUT2D eigenvalue weighted by molar-refractivity contribution is 5.78. The van der Waals surface area contributed by atoms with Gasteiger partial charge in [-0.1, -0.05) is 0 Å². The fourth-order valence-corrected chi connectivity index (χ4v) is 2.35. The number of rotatable bonds is 1. The second-order valence-electron chi connectivity index (χ2n) is 3.72. The van der Waals surface area contributed by atoms with Crippen molar-refractivity contribution < 1.29 is 10.0 Å². The maximum atomic E-state index is 11.2. The van der Waals surface area contributed by atoms with E-state index in [1.165, 1.54) is 0 Å². The molecular formula is C8H14N2O2. The predicted molar refractivity (Wildman–Crippen MR) is 42.6 cm³/mol. The molecule has 3 heterocycles. The van der Waals surface area contributed by atoms with Gasteiger partial charge < -0.3 is 4.90 Å². The van der Waals surface area contributed by atoms with E-state index in [-0.39, 0.29) is 11.8 Å². The third-order valence-corrected chi connectivity index (χ3v) is 3.10. The molecule has 2 N–H and O–H groups in total. The second kappa shape index (κ2) is 3.03. The van der Waals surface area contributed by atoms with Gasteiger partial charge in [0.2, 0.25) is 5.91 Å². The average Bonchev–Trinajstić information content (AvgIpc) is 2.18. The van der Waals surface area contributed by atoms with E-state index in [0.717, 1.165) is 32.5 Å². The molecule has 3 aliphatic heterocycles. The molecule has 3 aliphatic rings. The summed E-state index contributed by atoms with van der Waals surface area (Å²) in [5.41, 5.74) is 1.75. The Kier molecular flexibility index (Phi) is 2.02. The van der Waals surface area contributed by atoms with Crippen LogP contribution in [0.3, 0.4) is 0 Å². The molecule has 4 nitrogen and oxygen atoms in total.